The molecule has 1 aliphatic heterocycles. The molecular formula is C30H38Cl2N4O4. The molecule has 216 valence electrons. The third-order valence-corrected chi connectivity index (χ3v) is 7.05. The Morgan fingerprint density at radius 1 is 1.10 bits per heavy atom. The van der Waals surface area contributed by atoms with Crippen molar-refractivity contribution in [1.82, 2.24) is 19.8 Å². The SMILES string of the molecule is CN1Cc2c(Cl)cc(Cl)cc2[C@H](c2cccc(-c3cn(CCOCCOCCNC(=O)OC(C)(C)C)cn3)c2)C1. The number of carbonyl (C=O) groups excluding carboxylic acids is 1. The number of hydrogen-bond acceptors (Lipinski definition) is 6. The minimum absolute atomic E-state index is 0.177. The molecule has 0 saturated carbocycles. The molecule has 1 aromatic heterocycles. The molecule has 0 bridgehead atoms. The van der Waals surface area contributed by atoms with Gasteiger partial charge in [-0.15, -0.1) is 0 Å². The van der Waals surface area contributed by atoms with Crippen LogP contribution in [0.2, 0.25) is 10.0 Å². The van der Waals surface area contributed by atoms with E-state index in [1.807, 2.05) is 50.0 Å². The van der Waals surface area contributed by atoms with E-state index in [0.29, 0.717) is 44.5 Å². The average molecular weight is 590 g/mol. The Bertz CT molecular complexity index is 1290. The van der Waals surface area contributed by atoms with Crippen molar-refractivity contribution in [3.05, 3.63) is 75.7 Å². The zero-order valence-electron chi connectivity index (χ0n) is 23.6. The number of likely N-dealkylation sites (N-methyl/N-ethyl adjacent to an activating group) is 1. The van der Waals surface area contributed by atoms with Gasteiger partial charge < -0.3 is 29.0 Å². The molecule has 4 rings (SSSR count). The molecule has 2 aromatic carbocycles. The summed E-state index contributed by atoms with van der Waals surface area (Å²) in [5.41, 5.74) is 5.01. The van der Waals surface area contributed by atoms with Gasteiger partial charge in [0.15, 0.2) is 0 Å². The summed E-state index contributed by atoms with van der Waals surface area (Å²) in [5, 5.41) is 4.05. The van der Waals surface area contributed by atoms with Crippen molar-refractivity contribution in [2.24, 2.45) is 0 Å². The molecule has 1 N–H and O–H groups in total. The monoisotopic (exact) mass is 588 g/mol. The lowest BCUT2D eigenvalue weighted by Gasteiger charge is -2.33. The van der Waals surface area contributed by atoms with Crippen LogP contribution in [0.3, 0.4) is 0 Å². The third-order valence-electron chi connectivity index (χ3n) is 6.49. The molecule has 0 unspecified atom stereocenters. The van der Waals surface area contributed by atoms with E-state index in [9.17, 15) is 4.79 Å². The van der Waals surface area contributed by atoms with Gasteiger partial charge in [0.2, 0.25) is 0 Å². The van der Waals surface area contributed by atoms with Gasteiger partial charge in [0.1, 0.15) is 5.60 Å². The van der Waals surface area contributed by atoms with E-state index in [1.165, 1.54) is 11.1 Å². The molecule has 2 heterocycles. The van der Waals surface area contributed by atoms with Gasteiger partial charge in [0.25, 0.3) is 0 Å². The maximum absolute atomic E-state index is 11.6. The standard InChI is InChI=1S/C30H38Cl2N4O4/c1-30(2,3)40-29(37)33-8-10-38-12-13-39-11-9-36-19-28(34-20-36)22-7-5-6-21(14-22)25-17-35(4)18-26-24(25)15-23(31)16-27(26)32/h5-7,14-16,19-20,25H,8-13,17-18H2,1-4H3,(H,33,37)/t25-/m0/s1. The molecule has 0 fully saturated rings. The lowest BCUT2D eigenvalue weighted by atomic mass is 9.84. The van der Waals surface area contributed by atoms with Gasteiger partial charge in [-0.1, -0.05) is 41.4 Å². The molecule has 3 aromatic rings. The van der Waals surface area contributed by atoms with Gasteiger partial charge in [0.05, 0.1) is 38.4 Å². The van der Waals surface area contributed by atoms with Crippen LogP contribution in [0, 0.1) is 0 Å². The number of hydrogen-bond donors (Lipinski definition) is 1. The van der Waals surface area contributed by atoms with Crippen LogP contribution in [-0.2, 0) is 27.3 Å². The van der Waals surface area contributed by atoms with Gasteiger partial charge in [-0.25, -0.2) is 9.78 Å². The summed E-state index contributed by atoms with van der Waals surface area (Å²) in [6.07, 6.45) is 3.42. The lowest BCUT2D eigenvalue weighted by molar-refractivity contribution is 0.0383. The molecule has 0 saturated heterocycles. The lowest BCUT2D eigenvalue weighted by Crippen LogP contribution is -2.34. The van der Waals surface area contributed by atoms with E-state index in [1.54, 1.807) is 0 Å². The number of fused-ring (bicyclic) bond motifs is 1. The van der Waals surface area contributed by atoms with Crippen molar-refractivity contribution < 1.29 is 19.0 Å². The maximum atomic E-state index is 11.6. The fourth-order valence-electron chi connectivity index (χ4n) is 4.71. The molecule has 1 aliphatic rings. The summed E-state index contributed by atoms with van der Waals surface area (Å²) in [7, 11) is 2.12. The number of amides is 1. The molecule has 0 radical (unpaired) electrons. The van der Waals surface area contributed by atoms with Crippen molar-refractivity contribution in [3.8, 4) is 11.3 Å². The molecule has 0 aliphatic carbocycles. The highest BCUT2D eigenvalue weighted by Crippen LogP contribution is 2.39. The van der Waals surface area contributed by atoms with E-state index >= 15 is 0 Å². The van der Waals surface area contributed by atoms with Crippen LogP contribution < -0.4 is 5.32 Å². The summed E-state index contributed by atoms with van der Waals surface area (Å²) in [6.45, 7) is 10.1. The topological polar surface area (TPSA) is 77.8 Å². The fraction of sp³-hybridized carbons (Fsp3) is 0.467. The fourth-order valence-corrected chi connectivity index (χ4v) is 5.28. The molecule has 1 atom stereocenters. The number of nitrogens with zero attached hydrogens (tertiary/aromatic N) is 3. The van der Waals surface area contributed by atoms with E-state index in [-0.39, 0.29) is 5.92 Å². The summed E-state index contributed by atoms with van der Waals surface area (Å²) in [4.78, 5) is 18.5. The van der Waals surface area contributed by atoms with E-state index in [0.717, 1.165) is 34.9 Å². The number of benzene rings is 2. The maximum Gasteiger partial charge on any atom is 0.407 e. The molecule has 1 amide bonds. The Labute approximate surface area is 246 Å². The van der Waals surface area contributed by atoms with Crippen LogP contribution in [0.25, 0.3) is 11.3 Å². The van der Waals surface area contributed by atoms with Gasteiger partial charge in [-0.05, 0) is 62.7 Å². The minimum Gasteiger partial charge on any atom is -0.444 e. The second kappa shape index (κ2) is 13.8. The number of ether oxygens (including phenoxy) is 3. The molecule has 10 heteroatoms. The van der Waals surface area contributed by atoms with Crippen molar-refractivity contribution in [2.75, 3.05) is 46.6 Å². The summed E-state index contributed by atoms with van der Waals surface area (Å²) in [5.74, 6) is 0.177. The highest BCUT2D eigenvalue weighted by molar-refractivity contribution is 6.35. The summed E-state index contributed by atoms with van der Waals surface area (Å²) in [6, 6.07) is 12.4. The average Bonchev–Trinajstić information content (AvgIpc) is 3.36. The van der Waals surface area contributed by atoms with Gasteiger partial charge in [0, 0.05) is 53.9 Å². The number of nitrogens with one attached hydrogen (secondary N) is 1. The smallest absolute Gasteiger partial charge is 0.407 e. The van der Waals surface area contributed by atoms with Crippen LogP contribution in [0.15, 0.2) is 48.9 Å². The number of aromatic nitrogens is 2. The van der Waals surface area contributed by atoms with Crippen LogP contribution >= 0.6 is 23.2 Å². The Balaban J connectivity index is 1.24. The largest absolute Gasteiger partial charge is 0.444 e. The van der Waals surface area contributed by atoms with Gasteiger partial charge in [-0.3, -0.25) is 0 Å². The quantitative estimate of drug-likeness (QED) is 0.277. The summed E-state index contributed by atoms with van der Waals surface area (Å²) < 4.78 is 18.4. The minimum atomic E-state index is -0.511. The van der Waals surface area contributed by atoms with Crippen LogP contribution in [0.1, 0.15) is 43.4 Å². The van der Waals surface area contributed by atoms with Crippen molar-refractivity contribution >= 4 is 29.3 Å². The zero-order chi connectivity index (χ0) is 28.7. The number of imidazole rings is 1. The number of rotatable bonds is 11. The second-order valence-corrected chi connectivity index (χ2v) is 11.8. The first-order valence-electron chi connectivity index (χ1n) is 13.5. The highest BCUT2D eigenvalue weighted by atomic mass is 35.5. The molecular weight excluding hydrogens is 551 g/mol. The first-order chi connectivity index (χ1) is 19.1. The number of carbonyl (C=O) groups is 1. The highest BCUT2D eigenvalue weighted by Gasteiger charge is 2.27. The van der Waals surface area contributed by atoms with Crippen LogP contribution in [0.4, 0.5) is 4.79 Å². The second-order valence-electron chi connectivity index (χ2n) is 11.0. The number of alkyl carbamates (subject to hydrolysis) is 1. The van der Waals surface area contributed by atoms with Crippen molar-refractivity contribution in [3.63, 3.8) is 0 Å². The first-order valence-corrected chi connectivity index (χ1v) is 14.3. The normalized spacial score (nSPS) is 15.6. The summed E-state index contributed by atoms with van der Waals surface area (Å²) >= 11 is 12.9. The molecule has 40 heavy (non-hydrogen) atoms. The third kappa shape index (κ3) is 8.69. The van der Waals surface area contributed by atoms with Crippen LogP contribution in [0.5, 0.6) is 0 Å². The van der Waals surface area contributed by atoms with Crippen LogP contribution in [-0.4, -0.2) is 72.7 Å². The molecule has 8 nitrogen and oxygen atoms in total. The van der Waals surface area contributed by atoms with E-state index in [4.69, 9.17) is 37.4 Å². The zero-order valence-corrected chi connectivity index (χ0v) is 25.1. The van der Waals surface area contributed by atoms with E-state index in [2.05, 4.69) is 46.5 Å². The van der Waals surface area contributed by atoms with Gasteiger partial charge >= 0.3 is 6.09 Å². The Hall–Kier alpha value is -2.62. The first kappa shape index (κ1) is 30.3. The predicted octanol–water partition coefficient (Wildman–Crippen LogP) is 5.99. The van der Waals surface area contributed by atoms with Crippen molar-refractivity contribution in [1.29, 1.82) is 0 Å². The Morgan fingerprint density at radius 3 is 2.65 bits per heavy atom. The molecule has 0 spiro atoms. The Morgan fingerprint density at radius 2 is 1.88 bits per heavy atom. The number of halogens is 2. The Kier molecular flexibility index (Phi) is 10.5. The van der Waals surface area contributed by atoms with Crippen molar-refractivity contribution in [2.45, 2.75) is 45.4 Å². The predicted molar refractivity (Wildman–Crippen MR) is 158 cm³/mol. The van der Waals surface area contributed by atoms with Gasteiger partial charge in [-0.2, -0.15) is 0 Å². The van der Waals surface area contributed by atoms with E-state index < -0.39 is 11.7 Å².